The molecule has 3 rings (SSSR count). The normalized spacial score (nSPS) is 10.6. The van der Waals surface area contributed by atoms with Gasteiger partial charge in [-0.25, -0.2) is 0 Å². The molecule has 22 heavy (non-hydrogen) atoms. The van der Waals surface area contributed by atoms with Crippen molar-refractivity contribution >= 4 is 16.8 Å². The summed E-state index contributed by atoms with van der Waals surface area (Å²) in [5.74, 6) is 0.619. The highest BCUT2D eigenvalue weighted by Gasteiger charge is 2.16. The quantitative estimate of drug-likeness (QED) is 0.777. The molecule has 0 saturated carbocycles. The monoisotopic (exact) mass is 295 g/mol. The zero-order valence-electron chi connectivity index (χ0n) is 12.5. The van der Waals surface area contributed by atoms with Crippen molar-refractivity contribution in [1.82, 2.24) is 15.3 Å². The van der Waals surface area contributed by atoms with Crippen molar-refractivity contribution in [3.8, 4) is 5.75 Å². The molecule has 1 aromatic carbocycles. The number of aromatic amines is 1. The number of aromatic nitrogens is 2. The second kappa shape index (κ2) is 5.89. The number of fused-ring (bicyclic) bond motifs is 1. The van der Waals surface area contributed by atoms with Gasteiger partial charge in [-0.3, -0.25) is 9.78 Å². The minimum atomic E-state index is -0.110. The van der Waals surface area contributed by atoms with Crippen molar-refractivity contribution in [3.63, 3.8) is 0 Å². The van der Waals surface area contributed by atoms with Crippen LogP contribution in [0.2, 0.25) is 0 Å². The fourth-order valence-corrected chi connectivity index (χ4v) is 2.50. The summed E-state index contributed by atoms with van der Waals surface area (Å²) in [6.45, 7) is 2.34. The third-order valence-electron chi connectivity index (χ3n) is 3.60. The summed E-state index contributed by atoms with van der Waals surface area (Å²) < 4.78 is 5.24. The maximum atomic E-state index is 12.5. The van der Waals surface area contributed by atoms with Gasteiger partial charge in [0.15, 0.2) is 0 Å². The van der Waals surface area contributed by atoms with Crippen LogP contribution in [0.15, 0.2) is 42.7 Å². The van der Waals surface area contributed by atoms with Crippen molar-refractivity contribution in [2.24, 2.45) is 0 Å². The number of hydrogen-bond donors (Lipinski definition) is 2. The molecule has 0 aliphatic heterocycles. The molecule has 2 heterocycles. The summed E-state index contributed by atoms with van der Waals surface area (Å²) in [4.78, 5) is 19.8. The van der Waals surface area contributed by atoms with Gasteiger partial charge >= 0.3 is 0 Å². The van der Waals surface area contributed by atoms with E-state index in [1.807, 2.05) is 37.3 Å². The molecule has 0 aliphatic carbocycles. The number of ether oxygens (including phenoxy) is 1. The van der Waals surface area contributed by atoms with Crippen LogP contribution in [0.4, 0.5) is 0 Å². The molecule has 0 aliphatic rings. The average molecular weight is 295 g/mol. The molecule has 112 valence electrons. The number of nitrogens with zero attached hydrogens (tertiary/aromatic N) is 1. The number of methoxy groups -OCH3 is 1. The van der Waals surface area contributed by atoms with Crippen LogP contribution in [0.1, 0.15) is 21.6 Å². The van der Waals surface area contributed by atoms with Crippen LogP contribution in [-0.2, 0) is 6.54 Å². The number of pyridine rings is 1. The lowest BCUT2D eigenvalue weighted by molar-refractivity contribution is 0.0952. The zero-order chi connectivity index (χ0) is 15.5. The first kappa shape index (κ1) is 14.1. The zero-order valence-corrected chi connectivity index (χ0v) is 12.5. The average Bonchev–Trinajstić information content (AvgIpc) is 2.88. The highest BCUT2D eigenvalue weighted by Crippen LogP contribution is 2.26. The van der Waals surface area contributed by atoms with Crippen LogP contribution in [0, 0.1) is 6.92 Å². The van der Waals surface area contributed by atoms with E-state index >= 15 is 0 Å². The Kier molecular flexibility index (Phi) is 3.78. The van der Waals surface area contributed by atoms with Crippen molar-refractivity contribution in [2.45, 2.75) is 13.5 Å². The Morgan fingerprint density at radius 2 is 2.23 bits per heavy atom. The molecule has 0 atom stereocenters. The molecule has 0 unspecified atom stereocenters. The van der Waals surface area contributed by atoms with Crippen LogP contribution >= 0.6 is 0 Å². The van der Waals surface area contributed by atoms with Gasteiger partial charge in [0.1, 0.15) is 5.75 Å². The molecule has 5 heteroatoms. The molecule has 0 saturated heterocycles. The van der Waals surface area contributed by atoms with Crippen LogP contribution < -0.4 is 10.1 Å². The fourth-order valence-electron chi connectivity index (χ4n) is 2.50. The van der Waals surface area contributed by atoms with Gasteiger partial charge in [-0.2, -0.15) is 0 Å². The molecule has 5 nitrogen and oxygen atoms in total. The molecule has 1 amide bonds. The molecule has 0 bridgehead atoms. The van der Waals surface area contributed by atoms with Gasteiger partial charge in [-0.1, -0.05) is 6.07 Å². The highest BCUT2D eigenvalue weighted by atomic mass is 16.5. The summed E-state index contributed by atoms with van der Waals surface area (Å²) in [7, 11) is 1.61. The van der Waals surface area contributed by atoms with E-state index < -0.39 is 0 Å². The fraction of sp³-hybridized carbons (Fsp3) is 0.176. The topological polar surface area (TPSA) is 67.0 Å². The van der Waals surface area contributed by atoms with E-state index in [4.69, 9.17) is 4.74 Å². The van der Waals surface area contributed by atoms with E-state index in [0.717, 1.165) is 27.9 Å². The second-order valence-electron chi connectivity index (χ2n) is 5.08. The lowest BCUT2D eigenvalue weighted by Gasteiger charge is -2.06. The molecule has 3 aromatic rings. The lowest BCUT2D eigenvalue weighted by Crippen LogP contribution is -2.23. The summed E-state index contributed by atoms with van der Waals surface area (Å²) in [6.07, 6.45) is 3.45. The third kappa shape index (κ3) is 2.65. The molecule has 0 spiro atoms. The Morgan fingerprint density at radius 1 is 1.36 bits per heavy atom. The predicted molar refractivity (Wildman–Crippen MR) is 85.0 cm³/mol. The van der Waals surface area contributed by atoms with Gasteiger partial charge in [-0.05, 0) is 36.8 Å². The Balaban J connectivity index is 1.88. The SMILES string of the molecule is COc1ccc2[nH]c(C)c(C(=O)NCc3cccnc3)c2c1. The molecular weight excluding hydrogens is 278 g/mol. The first-order chi connectivity index (χ1) is 10.7. The van der Waals surface area contributed by atoms with E-state index in [0.29, 0.717) is 12.1 Å². The number of nitrogens with one attached hydrogen (secondary N) is 2. The number of hydrogen-bond acceptors (Lipinski definition) is 3. The van der Waals surface area contributed by atoms with Crippen molar-refractivity contribution in [2.75, 3.05) is 7.11 Å². The molecule has 0 radical (unpaired) electrons. The maximum absolute atomic E-state index is 12.5. The number of rotatable bonds is 4. The minimum Gasteiger partial charge on any atom is -0.497 e. The number of aryl methyl sites for hydroxylation is 1. The van der Waals surface area contributed by atoms with Crippen molar-refractivity contribution in [1.29, 1.82) is 0 Å². The minimum absolute atomic E-state index is 0.110. The summed E-state index contributed by atoms with van der Waals surface area (Å²) in [6, 6.07) is 9.44. The van der Waals surface area contributed by atoms with Crippen LogP contribution in [0.3, 0.4) is 0 Å². The number of carbonyl (C=O) groups excluding carboxylic acids is 1. The Hall–Kier alpha value is -2.82. The van der Waals surface area contributed by atoms with E-state index in [-0.39, 0.29) is 5.91 Å². The van der Waals surface area contributed by atoms with Crippen LogP contribution in [0.25, 0.3) is 10.9 Å². The number of benzene rings is 1. The number of H-pyrrole nitrogens is 1. The third-order valence-corrected chi connectivity index (χ3v) is 3.60. The number of amides is 1. The van der Waals surface area contributed by atoms with Crippen LogP contribution in [0.5, 0.6) is 5.75 Å². The largest absolute Gasteiger partial charge is 0.497 e. The maximum Gasteiger partial charge on any atom is 0.253 e. The predicted octanol–water partition coefficient (Wildman–Crippen LogP) is 2.81. The van der Waals surface area contributed by atoms with E-state index in [1.54, 1.807) is 19.5 Å². The molecular formula is C17H17N3O2. The molecule has 0 fully saturated rings. The van der Waals surface area contributed by atoms with Gasteiger partial charge < -0.3 is 15.0 Å². The van der Waals surface area contributed by atoms with Gasteiger partial charge in [0.25, 0.3) is 5.91 Å². The highest BCUT2D eigenvalue weighted by molar-refractivity contribution is 6.08. The van der Waals surface area contributed by atoms with Gasteiger partial charge in [0.05, 0.1) is 12.7 Å². The first-order valence-electron chi connectivity index (χ1n) is 7.02. The van der Waals surface area contributed by atoms with Crippen LogP contribution in [-0.4, -0.2) is 23.0 Å². The Labute approximate surface area is 128 Å². The van der Waals surface area contributed by atoms with Crippen molar-refractivity contribution < 1.29 is 9.53 Å². The van der Waals surface area contributed by atoms with E-state index in [1.165, 1.54) is 0 Å². The summed E-state index contributed by atoms with van der Waals surface area (Å²) in [5.41, 5.74) is 3.38. The number of carbonyl (C=O) groups is 1. The van der Waals surface area contributed by atoms with Gasteiger partial charge in [0, 0.05) is 35.5 Å². The lowest BCUT2D eigenvalue weighted by atomic mass is 10.1. The first-order valence-corrected chi connectivity index (χ1v) is 7.02. The molecule has 2 N–H and O–H groups in total. The molecule has 2 aromatic heterocycles. The second-order valence-corrected chi connectivity index (χ2v) is 5.08. The summed E-state index contributed by atoms with van der Waals surface area (Å²) in [5, 5.41) is 3.79. The van der Waals surface area contributed by atoms with E-state index in [2.05, 4.69) is 15.3 Å². The van der Waals surface area contributed by atoms with Gasteiger partial charge in [0.2, 0.25) is 0 Å². The Bertz CT molecular complexity index is 809. The summed E-state index contributed by atoms with van der Waals surface area (Å²) >= 11 is 0. The van der Waals surface area contributed by atoms with Crippen molar-refractivity contribution in [3.05, 3.63) is 59.5 Å². The Morgan fingerprint density at radius 3 is 2.95 bits per heavy atom. The van der Waals surface area contributed by atoms with Gasteiger partial charge in [-0.15, -0.1) is 0 Å². The van der Waals surface area contributed by atoms with E-state index in [9.17, 15) is 4.79 Å². The smallest absolute Gasteiger partial charge is 0.253 e. The standard InChI is InChI=1S/C17H17N3O2/c1-11-16(14-8-13(22-2)5-6-15(14)20-11)17(21)19-10-12-4-3-7-18-9-12/h3-9,20H,10H2,1-2H3,(H,19,21).